The molecule has 2 rings (SSSR count). The summed E-state index contributed by atoms with van der Waals surface area (Å²) in [5, 5.41) is 10.6. The molecule has 6 nitrogen and oxygen atoms in total. The highest BCUT2D eigenvalue weighted by atomic mass is 15.3. The zero-order chi connectivity index (χ0) is 13.1. The summed E-state index contributed by atoms with van der Waals surface area (Å²) >= 11 is 0. The van der Waals surface area contributed by atoms with E-state index in [0.29, 0.717) is 5.95 Å². The molecule has 18 heavy (non-hydrogen) atoms. The van der Waals surface area contributed by atoms with Gasteiger partial charge in [0.15, 0.2) is 0 Å². The van der Waals surface area contributed by atoms with Crippen molar-refractivity contribution in [3.05, 3.63) is 23.7 Å². The molecule has 0 aromatic carbocycles. The van der Waals surface area contributed by atoms with E-state index in [9.17, 15) is 0 Å². The van der Waals surface area contributed by atoms with Crippen molar-refractivity contribution >= 4 is 17.5 Å². The summed E-state index contributed by atoms with van der Waals surface area (Å²) < 4.78 is 1.80. The fourth-order valence-electron chi connectivity index (χ4n) is 1.78. The van der Waals surface area contributed by atoms with Crippen molar-refractivity contribution in [2.24, 2.45) is 7.05 Å². The Labute approximate surface area is 106 Å². The second-order valence-electron chi connectivity index (χ2n) is 4.11. The minimum atomic E-state index is 0.611. The maximum Gasteiger partial charge on any atom is 0.224 e. The van der Waals surface area contributed by atoms with E-state index in [0.717, 1.165) is 29.3 Å². The van der Waals surface area contributed by atoms with Crippen LogP contribution in [0.2, 0.25) is 0 Å². The average Bonchev–Trinajstić information content (AvgIpc) is 2.68. The summed E-state index contributed by atoms with van der Waals surface area (Å²) in [4.78, 5) is 8.62. The Morgan fingerprint density at radius 1 is 1.33 bits per heavy atom. The lowest BCUT2D eigenvalue weighted by Crippen LogP contribution is -2.02. The van der Waals surface area contributed by atoms with Gasteiger partial charge >= 0.3 is 0 Å². The van der Waals surface area contributed by atoms with Crippen LogP contribution in [0.4, 0.5) is 17.5 Å². The van der Waals surface area contributed by atoms with E-state index in [1.54, 1.807) is 11.7 Å². The molecule has 0 bridgehead atoms. The smallest absolute Gasteiger partial charge is 0.224 e. The molecule has 0 fully saturated rings. The molecule has 96 valence electrons. The monoisotopic (exact) mass is 246 g/mol. The molecule has 0 radical (unpaired) electrons. The predicted octanol–water partition coefficient (Wildman–Crippen LogP) is 1.87. The number of aromatic nitrogens is 4. The Balaban J connectivity index is 2.30. The van der Waals surface area contributed by atoms with Crippen LogP contribution < -0.4 is 10.6 Å². The van der Waals surface area contributed by atoms with Gasteiger partial charge in [-0.3, -0.25) is 4.68 Å². The Hall–Kier alpha value is -2.11. The summed E-state index contributed by atoms with van der Waals surface area (Å²) in [5.74, 6) is 1.38. The lowest BCUT2D eigenvalue weighted by molar-refractivity contribution is 0.746. The van der Waals surface area contributed by atoms with Crippen molar-refractivity contribution in [3.63, 3.8) is 0 Å². The molecule has 0 saturated heterocycles. The summed E-state index contributed by atoms with van der Waals surface area (Å²) in [5.41, 5.74) is 2.93. The molecule has 0 aliphatic rings. The molecule has 0 unspecified atom stereocenters. The van der Waals surface area contributed by atoms with Crippen molar-refractivity contribution in [3.8, 4) is 0 Å². The topological polar surface area (TPSA) is 67.7 Å². The lowest BCUT2D eigenvalue weighted by Gasteiger charge is -2.07. The SMILES string of the molecule is CCc1nn(C)cc1Nc1cc(C)nc(NC)n1. The van der Waals surface area contributed by atoms with Gasteiger partial charge in [-0.15, -0.1) is 0 Å². The van der Waals surface area contributed by atoms with Crippen molar-refractivity contribution in [1.29, 1.82) is 0 Å². The number of rotatable bonds is 4. The molecule has 6 heteroatoms. The van der Waals surface area contributed by atoms with Crippen LogP contribution in [0.1, 0.15) is 18.3 Å². The van der Waals surface area contributed by atoms with Gasteiger partial charge in [0.2, 0.25) is 5.95 Å². The van der Waals surface area contributed by atoms with Gasteiger partial charge in [-0.2, -0.15) is 10.1 Å². The molecule has 2 N–H and O–H groups in total. The first kappa shape index (κ1) is 12.3. The molecule has 2 aromatic heterocycles. The number of aryl methyl sites for hydroxylation is 3. The highest BCUT2D eigenvalue weighted by Crippen LogP contribution is 2.20. The van der Waals surface area contributed by atoms with Crippen LogP contribution in [-0.4, -0.2) is 26.8 Å². The van der Waals surface area contributed by atoms with Gasteiger partial charge in [-0.1, -0.05) is 6.92 Å². The fourth-order valence-corrected chi connectivity index (χ4v) is 1.78. The minimum absolute atomic E-state index is 0.611. The summed E-state index contributed by atoms with van der Waals surface area (Å²) in [7, 11) is 3.72. The second-order valence-corrected chi connectivity index (χ2v) is 4.11. The molecule has 0 spiro atoms. The standard InChI is InChI=1S/C12H18N6/c1-5-9-10(7-18(4)17-9)15-11-6-8(2)14-12(13-3)16-11/h6-7H,5H2,1-4H3,(H2,13,14,15,16). The van der Waals surface area contributed by atoms with Gasteiger partial charge < -0.3 is 10.6 Å². The molecule has 0 atom stereocenters. The predicted molar refractivity (Wildman–Crippen MR) is 72.2 cm³/mol. The number of hydrogen-bond acceptors (Lipinski definition) is 5. The Kier molecular flexibility index (Phi) is 3.45. The number of nitrogens with one attached hydrogen (secondary N) is 2. The van der Waals surface area contributed by atoms with Crippen LogP contribution in [0, 0.1) is 6.92 Å². The van der Waals surface area contributed by atoms with Crippen molar-refractivity contribution in [1.82, 2.24) is 19.7 Å². The van der Waals surface area contributed by atoms with Gasteiger partial charge in [0.1, 0.15) is 5.82 Å². The maximum absolute atomic E-state index is 4.39. The second kappa shape index (κ2) is 5.03. The summed E-state index contributed by atoms with van der Waals surface area (Å²) in [6.07, 6.45) is 2.83. The number of anilines is 3. The van der Waals surface area contributed by atoms with E-state index in [2.05, 4.69) is 32.6 Å². The summed E-state index contributed by atoms with van der Waals surface area (Å²) in [6.45, 7) is 4.02. The van der Waals surface area contributed by atoms with Crippen LogP contribution >= 0.6 is 0 Å². The van der Waals surface area contributed by atoms with Gasteiger partial charge in [-0.05, 0) is 13.3 Å². The Morgan fingerprint density at radius 3 is 2.78 bits per heavy atom. The van der Waals surface area contributed by atoms with Gasteiger partial charge in [0.25, 0.3) is 0 Å². The van der Waals surface area contributed by atoms with Crippen LogP contribution in [0.15, 0.2) is 12.3 Å². The highest BCUT2D eigenvalue weighted by Gasteiger charge is 2.07. The van der Waals surface area contributed by atoms with Gasteiger partial charge in [0, 0.05) is 32.1 Å². The zero-order valence-corrected chi connectivity index (χ0v) is 11.2. The first-order chi connectivity index (χ1) is 8.62. The third-order valence-electron chi connectivity index (χ3n) is 2.58. The van der Waals surface area contributed by atoms with E-state index in [-0.39, 0.29) is 0 Å². The fraction of sp³-hybridized carbons (Fsp3) is 0.417. The third kappa shape index (κ3) is 2.58. The Bertz CT molecular complexity index is 545. The first-order valence-corrected chi connectivity index (χ1v) is 5.95. The molecule has 0 aliphatic carbocycles. The largest absolute Gasteiger partial charge is 0.357 e. The van der Waals surface area contributed by atoms with Gasteiger partial charge in [0.05, 0.1) is 11.4 Å². The van der Waals surface area contributed by atoms with Crippen LogP contribution in [-0.2, 0) is 13.5 Å². The summed E-state index contributed by atoms with van der Waals surface area (Å²) in [6, 6.07) is 1.91. The van der Waals surface area contributed by atoms with Crippen LogP contribution in [0.25, 0.3) is 0 Å². The molecule has 2 heterocycles. The molecule has 2 aromatic rings. The van der Waals surface area contributed by atoms with E-state index in [1.807, 2.05) is 26.2 Å². The minimum Gasteiger partial charge on any atom is -0.357 e. The van der Waals surface area contributed by atoms with Crippen LogP contribution in [0.5, 0.6) is 0 Å². The number of nitrogens with zero attached hydrogens (tertiary/aromatic N) is 4. The lowest BCUT2D eigenvalue weighted by atomic mass is 10.3. The molecular formula is C12H18N6. The molecule has 0 saturated carbocycles. The quantitative estimate of drug-likeness (QED) is 0.862. The van der Waals surface area contributed by atoms with Crippen LogP contribution in [0.3, 0.4) is 0 Å². The Morgan fingerprint density at radius 2 is 2.11 bits per heavy atom. The van der Waals surface area contributed by atoms with Gasteiger partial charge in [-0.25, -0.2) is 4.98 Å². The van der Waals surface area contributed by atoms with E-state index < -0.39 is 0 Å². The average molecular weight is 246 g/mol. The van der Waals surface area contributed by atoms with E-state index in [4.69, 9.17) is 0 Å². The normalized spacial score (nSPS) is 10.4. The molecule has 0 aliphatic heterocycles. The highest BCUT2D eigenvalue weighted by molar-refractivity contribution is 5.59. The maximum atomic E-state index is 4.39. The number of hydrogen-bond donors (Lipinski definition) is 2. The third-order valence-corrected chi connectivity index (χ3v) is 2.58. The van der Waals surface area contributed by atoms with Crippen molar-refractivity contribution < 1.29 is 0 Å². The van der Waals surface area contributed by atoms with E-state index in [1.165, 1.54) is 0 Å². The zero-order valence-electron chi connectivity index (χ0n) is 11.2. The van der Waals surface area contributed by atoms with Crippen molar-refractivity contribution in [2.45, 2.75) is 20.3 Å². The van der Waals surface area contributed by atoms with Crippen molar-refractivity contribution in [2.75, 3.05) is 17.7 Å². The van der Waals surface area contributed by atoms with E-state index >= 15 is 0 Å². The molecule has 0 amide bonds. The molecular weight excluding hydrogens is 228 g/mol. The first-order valence-electron chi connectivity index (χ1n) is 5.95.